The molecule has 0 saturated carbocycles. The molecule has 0 spiro atoms. The van der Waals surface area contributed by atoms with Gasteiger partial charge in [-0.05, 0) is 19.1 Å². The second kappa shape index (κ2) is 7.91. The maximum absolute atomic E-state index is 12.1. The van der Waals surface area contributed by atoms with Crippen LogP contribution in [0.5, 0.6) is 0 Å². The normalized spacial score (nSPS) is 11.2. The van der Waals surface area contributed by atoms with Crippen LogP contribution in [0.4, 0.5) is 0 Å². The Labute approximate surface area is 142 Å². The number of para-hydroxylation sites is 1. The van der Waals surface area contributed by atoms with Crippen LogP contribution in [0.1, 0.15) is 12.7 Å². The fraction of sp³-hybridized carbons (Fsp3) is 0.353. The van der Waals surface area contributed by atoms with Crippen LogP contribution < -0.4 is 5.56 Å². The van der Waals surface area contributed by atoms with E-state index in [0.717, 1.165) is 5.39 Å². The van der Waals surface area contributed by atoms with E-state index in [4.69, 9.17) is 18.6 Å². The summed E-state index contributed by atoms with van der Waals surface area (Å²) in [5, 5.41) is 0.780. The maximum atomic E-state index is 12.1. The van der Waals surface area contributed by atoms with Crippen molar-refractivity contribution in [2.45, 2.75) is 13.5 Å². The Bertz CT molecular complexity index is 930. The average molecular weight is 346 g/mol. The van der Waals surface area contributed by atoms with Crippen LogP contribution in [0.15, 0.2) is 33.5 Å². The van der Waals surface area contributed by atoms with Crippen molar-refractivity contribution in [1.82, 2.24) is 9.97 Å². The summed E-state index contributed by atoms with van der Waals surface area (Å²) in [7, 11) is 0. The van der Waals surface area contributed by atoms with Gasteiger partial charge in [0.1, 0.15) is 30.1 Å². The summed E-state index contributed by atoms with van der Waals surface area (Å²) in [4.78, 5) is 30.3. The number of aromatic nitrogens is 2. The summed E-state index contributed by atoms with van der Waals surface area (Å²) in [5.74, 6) is -0.0137. The molecule has 2 heterocycles. The van der Waals surface area contributed by atoms with Crippen molar-refractivity contribution in [2.75, 3.05) is 26.4 Å². The van der Waals surface area contributed by atoms with Crippen molar-refractivity contribution in [2.24, 2.45) is 0 Å². The summed E-state index contributed by atoms with van der Waals surface area (Å²) in [6.07, 6.45) is 0. The molecule has 0 bridgehead atoms. The van der Waals surface area contributed by atoms with E-state index in [1.54, 1.807) is 13.0 Å². The van der Waals surface area contributed by atoms with Crippen LogP contribution in [0.2, 0.25) is 0 Å². The minimum absolute atomic E-state index is 0.112. The van der Waals surface area contributed by atoms with E-state index in [2.05, 4.69) is 9.97 Å². The van der Waals surface area contributed by atoms with Crippen molar-refractivity contribution in [3.05, 3.63) is 40.4 Å². The Morgan fingerprint density at radius 3 is 2.88 bits per heavy atom. The zero-order valence-electron chi connectivity index (χ0n) is 13.7. The zero-order valence-corrected chi connectivity index (χ0v) is 13.7. The predicted molar refractivity (Wildman–Crippen MR) is 89.2 cm³/mol. The number of nitrogens with one attached hydrogen (secondary N) is 1. The molecular weight excluding hydrogens is 328 g/mol. The smallest absolute Gasteiger partial charge is 0.332 e. The summed E-state index contributed by atoms with van der Waals surface area (Å²) >= 11 is 0. The van der Waals surface area contributed by atoms with Gasteiger partial charge in [0, 0.05) is 5.39 Å². The lowest BCUT2D eigenvalue weighted by Gasteiger charge is -2.05. The highest BCUT2D eigenvalue weighted by Crippen LogP contribution is 2.24. The Morgan fingerprint density at radius 2 is 2.04 bits per heavy atom. The van der Waals surface area contributed by atoms with E-state index in [9.17, 15) is 9.59 Å². The third-order valence-corrected chi connectivity index (χ3v) is 3.42. The lowest BCUT2D eigenvalue weighted by atomic mass is 10.2. The first-order valence-corrected chi connectivity index (χ1v) is 7.90. The Morgan fingerprint density at radius 1 is 1.24 bits per heavy atom. The van der Waals surface area contributed by atoms with Gasteiger partial charge in [0.25, 0.3) is 5.56 Å². The molecule has 0 amide bonds. The number of rotatable bonds is 8. The number of carbonyl (C=O) groups is 1. The minimum atomic E-state index is -0.411. The molecule has 0 aliphatic heterocycles. The molecule has 0 saturated heterocycles. The van der Waals surface area contributed by atoms with E-state index < -0.39 is 5.97 Å². The van der Waals surface area contributed by atoms with Gasteiger partial charge < -0.3 is 23.6 Å². The van der Waals surface area contributed by atoms with Crippen LogP contribution in [0, 0.1) is 0 Å². The zero-order chi connectivity index (χ0) is 17.6. The number of nitrogens with zero attached hydrogens (tertiary/aromatic N) is 1. The highest BCUT2D eigenvalue weighted by atomic mass is 16.6. The number of H-pyrrole nitrogens is 1. The van der Waals surface area contributed by atoms with Crippen LogP contribution in [0.3, 0.4) is 0 Å². The molecule has 1 N–H and O–H groups in total. The predicted octanol–water partition coefficient (Wildman–Crippen LogP) is 1.77. The van der Waals surface area contributed by atoms with Gasteiger partial charge in [0.15, 0.2) is 0 Å². The van der Waals surface area contributed by atoms with Gasteiger partial charge in [0.05, 0.1) is 19.8 Å². The number of fused-ring (bicyclic) bond motifs is 3. The molecule has 0 radical (unpaired) electrons. The van der Waals surface area contributed by atoms with Gasteiger partial charge in [0.2, 0.25) is 5.58 Å². The average Bonchev–Trinajstić information content (AvgIpc) is 2.98. The third kappa shape index (κ3) is 4.04. The van der Waals surface area contributed by atoms with Gasteiger partial charge in [-0.3, -0.25) is 4.79 Å². The second-order valence-electron chi connectivity index (χ2n) is 5.20. The molecule has 8 heteroatoms. The second-order valence-corrected chi connectivity index (χ2v) is 5.20. The highest BCUT2D eigenvalue weighted by molar-refractivity contribution is 6.01. The van der Waals surface area contributed by atoms with Crippen molar-refractivity contribution in [3.63, 3.8) is 0 Å². The number of hydrogen-bond acceptors (Lipinski definition) is 7. The largest absolute Gasteiger partial charge is 0.464 e. The minimum Gasteiger partial charge on any atom is -0.464 e. The molecule has 3 rings (SSSR count). The first-order valence-electron chi connectivity index (χ1n) is 7.90. The number of carbonyl (C=O) groups excluding carboxylic acids is 1. The van der Waals surface area contributed by atoms with Gasteiger partial charge in [-0.25, -0.2) is 9.78 Å². The van der Waals surface area contributed by atoms with Crippen molar-refractivity contribution in [3.8, 4) is 0 Å². The fourth-order valence-corrected chi connectivity index (χ4v) is 2.36. The standard InChI is InChI=1S/C17H18N2O6/c1-2-24-14(20)10-23-8-7-22-9-13-18-15-11-5-3-4-6-12(11)25-16(15)17(21)19-13/h3-6H,2,7-10H2,1H3,(H,18,19,21). The number of hydrogen-bond donors (Lipinski definition) is 1. The molecule has 25 heavy (non-hydrogen) atoms. The van der Waals surface area contributed by atoms with E-state index in [-0.39, 0.29) is 37.6 Å². The molecule has 3 aromatic rings. The lowest BCUT2D eigenvalue weighted by Crippen LogP contribution is -2.16. The SMILES string of the molecule is CCOC(=O)COCCOCc1nc2c(oc3ccccc32)c(=O)[nH]1. The summed E-state index contributed by atoms with van der Waals surface area (Å²) in [6, 6.07) is 7.32. The molecule has 0 unspecified atom stereocenters. The Balaban J connectivity index is 1.58. The first-order chi connectivity index (χ1) is 12.2. The van der Waals surface area contributed by atoms with Crippen molar-refractivity contribution in [1.29, 1.82) is 0 Å². The van der Waals surface area contributed by atoms with Crippen LogP contribution in [-0.4, -0.2) is 42.4 Å². The van der Waals surface area contributed by atoms with Crippen LogP contribution in [0.25, 0.3) is 22.1 Å². The maximum Gasteiger partial charge on any atom is 0.332 e. The Kier molecular flexibility index (Phi) is 5.42. The fourth-order valence-electron chi connectivity index (χ4n) is 2.36. The number of ether oxygens (including phenoxy) is 3. The molecule has 0 aliphatic rings. The Hall–Kier alpha value is -2.71. The number of furan rings is 1. The third-order valence-electron chi connectivity index (χ3n) is 3.42. The number of benzene rings is 1. The quantitative estimate of drug-likeness (QED) is 0.489. The van der Waals surface area contributed by atoms with Crippen molar-refractivity contribution >= 4 is 28.0 Å². The molecule has 132 valence electrons. The van der Waals surface area contributed by atoms with Gasteiger partial charge in [-0.15, -0.1) is 0 Å². The summed E-state index contributed by atoms with van der Waals surface area (Å²) in [6.45, 7) is 2.55. The van der Waals surface area contributed by atoms with E-state index >= 15 is 0 Å². The lowest BCUT2D eigenvalue weighted by molar-refractivity contribution is -0.148. The summed E-state index contributed by atoms with van der Waals surface area (Å²) < 4.78 is 20.8. The molecule has 0 fully saturated rings. The molecule has 1 aromatic carbocycles. The van der Waals surface area contributed by atoms with Gasteiger partial charge >= 0.3 is 5.97 Å². The summed E-state index contributed by atoms with van der Waals surface area (Å²) in [5.41, 5.74) is 0.971. The topological polar surface area (TPSA) is 104 Å². The van der Waals surface area contributed by atoms with Crippen LogP contribution >= 0.6 is 0 Å². The van der Waals surface area contributed by atoms with Gasteiger partial charge in [-0.2, -0.15) is 0 Å². The number of aromatic amines is 1. The van der Waals surface area contributed by atoms with Crippen LogP contribution in [-0.2, 0) is 25.6 Å². The monoisotopic (exact) mass is 346 g/mol. The highest BCUT2D eigenvalue weighted by Gasteiger charge is 2.12. The van der Waals surface area contributed by atoms with Gasteiger partial charge in [-0.1, -0.05) is 12.1 Å². The molecule has 0 atom stereocenters. The van der Waals surface area contributed by atoms with E-state index in [0.29, 0.717) is 23.5 Å². The van der Waals surface area contributed by atoms with Crippen molar-refractivity contribution < 1.29 is 23.4 Å². The molecular formula is C17H18N2O6. The first kappa shape index (κ1) is 17.1. The molecule has 2 aromatic heterocycles. The van der Waals surface area contributed by atoms with E-state index in [1.807, 2.05) is 18.2 Å². The van der Waals surface area contributed by atoms with E-state index in [1.165, 1.54) is 0 Å². The molecule has 8 nitrogen and oxygen atoms in total. The number of esters is 1. The molecule has 0 aliphatic carbocycles.